The molecule has 19 heavy (non-hydrogen) atoms. The predicted molar refractivity (Wildman–Crippen MR) is 74.6 cm³/mol. The highest BCUT2D eigenvalue weighted by Crippen LogP contribution is 2.25. The number of nitrogens with zero attached hydrogens (tertiary/aromatic N) is 1. The average molecular weight is 304 g/mol. The quantitative estimate of drug-likeness (QED) is 0.933. The summed E-state index contributed by atoms with van der Waals surface area (Å²) in [4.78, 5) is 0.205. The van der Waals surface area contributed by atoms with Crippen LogP contribution >= 0.6 is 11.6 Å². The van der Waals surface area contributed by atoms with Crippen LogP contribution in [0.25, 0.3) is 0 Å². The lowest BCUT2D eigenvalue weighted by Crippen LogP contribution is -2.31. The highest BCUT2D eigenvalue weighted by Gasteiger charge is 2.25. The van der Waals surface area contributed by atoms with Crippen LogP contribution in [-0.4, -0.2) is 30.9 Å². The van der Waals surface area contributed by atoms with Crippen molar-refractivity contribution < 1.29 is 13.5 Å². The molecule has 6 heteroatoms. The zero-order valence-electron chi connectivity index (χ0n) is 10.7. The number of aliphatic hydroxyl groups excluding tert-OH is 1. The summed E-state index contributed by atoms with van der Waals surface area (Å²) in [7, 11) is -3.47. The van der Waals surface area contributed by atoms with E-state index in [0.29, 0.717) is 23.7 Å². The Bertz CT molecular complexity index is 537. The Kier molecular flexibility index (Phi) is 4.84. The van der Waals surface area contributed by atoms with Gasteiger partial charge in [-0.25, -0.2) is 8.42 Å². The third kappa shape index (κ3) is 3.28. The molecule has 1 N–H and O–H groups in total. The van der Waals surface area contributed by atoms with Crippen molar-refractivity contribution in [2.24, 2.45) is 0 Å². The zero-order chi connectivity index (χ0) is 13.9. The first kappa shape index (κ1) is 14.8. The largest absolute Gasteiger partial charge is 0.392 e. The molecule has 1 aromatic rings. The fourth-order valence-electron chi connectivity index (χ4n) is 2.25. The third-order valence-electron chi connectivity index (χ3n) is 3.40. The molecule has 0 unspecified atom stereocenters. The van der Waals surface area contributed by atoms with Gasteiger partial charge in [0.25, 0.3) is 0 Å². The minimum absolute atomic E-state index is 0.192. The van der Waals surface area contributed by atoms with Gasteiger partial charge in [0, 0.05) is 18.1 Å². The molecule has 0 spiro atoms. The van der Waals surface area contributed by atoms with Crippen LogP contribution < -0.4 is 0 Å². The van der Waals surface area contributed by atoms with Gasteiger partial charge < -0.3 is 5.11 Å². The number of hydrogen-bond donors (Lipinski definition) is 1. The average Bonchev–Trinajstić information content (AvgIpc) is 2.67. The second-order valence-electron chi connectivity index (χ2n) is 4.73. The maximum Gasteiger partial charge on any atom is 0.243 e. The molecule has 0 aliphatic carbocycles. The summed E-state index contributed by atoms with van der Waals surface area (Å²) in [6, 6.07) is 4.50. The van der Waals surface area contributed by atoms with Crippen molar-refractivity contribution in [3.63, 3.8) is 0 Å². The van der Waals surface area contributed by atoms with Gasteiger partial charge in [0.2, 0.25) is 10.0 Å². The van der Waals surface area contributed by atoms with Crippen molar-refractivity contribution in [2.45, 2.75) is 37.2 Å². The number of benzene rings is 1. The summed E-state index contributed by atoms with van der Waals surface area (Å²) < 4.78 is 26.5. The highest BCUT2D eigenvalue weighted by atomic mass is 35.5. The molecule has 1 heterocycles. The van der Waals surface area contributed by atoms with E-state index in [1.54, 1.807) is 6.07 Å². The molecule has 1 aromatic carbocycles. The molecule has 1 saturated heterocycles. The zero-order valence-corrected chi connectivity index (χ0v) is 12.3. The van der Waals surface area contributed by atoms with E-state index in [2.05, 4.69) is 0 Å². The van der Waals surface area contributed by atoms with Gasteiger partial charge in [0.15, 0.2) is 0 Å². The molecule has 0 amide bonds. The molecule has 1 aliphatic heterocycles. The Morgan fingerprint density at radius 2 is 1.79 bits per heavy atom. The highest BCUT2D eigenvalue weighted by molar-refractivity contribution is 7.89. The maximum absolute atomic E-state index is 12.5. The predicted octanol–water partition coefficient (Wildman–Crippen LogP) is 2.40. The molecule has 0 bridgehead atoms. The molecule has 0 radical (unpaired) electrons. The summed E-state index contributed by atoms with van der Waals surface area (Å²) in [6.45, 7) is 0.951. The lowest BCUT2D eigenvalue weighted by molar-refractivity contribution is 0.282. The molecule has 1 fully saturated rings. The number of aliphatic hydroxyl groups is 1. The Balaban J connectivity index is 2.30. The van der Waals surface area contributed by atoms with E-state index < -0.39 is 10.0 Å². The van der Waals surface area contributed by atoms with Gasteiger partial charge in [-0.3, -0.25) is 0 Å². The fourth-order valence-corrected chi connectivity index (χ4v) is 4.10. The number of rotatable bonds is 3. The van der Waals surface area contributed by atoms with Gasteiger partial charge in [-0.2, -0.15) is 4.31 Å². The van der Waals surface area contributed by atoms with Crippen LogP contribution in [0, 0.1) is 0 Å². The van der Waals surface area contributed by atoms with E-state index in [-0.39, 0.29) is 11.5 Å². The summed E-state index contributed by atoms with van der Waals surface area (Å²) in [6.07, 6.45) is 3.97. The molecular weight excluding hydrogens is 286 g/mol. The Hall–Kier alpha value is -0.620. The van der Waals surface area contributed by atoms with Crippen LogP contribution in [-0.2, 0) is 16.6 Å². The van der Waals surface area contributed by atoms with Gasteiger partial charge in [0.1, 0.15) is 0 Å². The van der Waals surface area contributed by atoms with Crippen LogP contribution in [0.3, 0.4) is 0 Å². The smallest absolute Gasteiger partial charge is 0.243 e. The van der Waals surface area contributed by atoms with Gasteiger partial charge in [-0.15, -0.1) is 0 Å². The third-order valence-corrected chi connectivity index (χ3v) is 5.64. The van der Waals surface area contributed by atoms with Crippen molar-refractivity contribution >= 4 is 21.6 Å². The van der Waals surface area contributed by atoms with Crippen molar-refractivity contribution in [3.8, 4) is 0 Å². The molecule has 0 atom stereocenters. The minimum Gasteiger partial charge on any atom is -0.392 e. The molecule has 0 aromatic heterocycles. The summed E-state index contributed by atoms with van der Waals surface area (Å²) in [5.41, 5.74) is 0.538. The lowest BCUT2D eigenvalue weighted by atomic mass is 10.2. The Labute approximate surface area is 119 Å². The Morgan fingerprint density at radius 3 is 2.32 bits per heavy atom. The van der Waals surface area contributed by atoms with Crippen molar-refractivity contribution in [2.75, 3.05) is 13.1 Å². The van der Waals surface area contributed by atoms with E-state index in [1.807, 2.05) is 0 Å². The Morgan fingerprint density at radius 1 is 1.16 bits per heavy atom. The molecule has 0 saturated carbocycles. The first-order valence-electron chi connectivity index (χ1n) is 6.45. The summed E-state index contributed by atoms with van der Waals surface area (Å²) in [5, 5.41) is 9.34. The van der Waals surface area contributed by atoms with E-state index in [1.165, 1.54) is 16.4 Å². The van der Waals surface area contributed by atoms with Crippen LogP contribution in [0.4, 0.5) is 0 Å². The van der Waals surface area contributed by atoms with Gasteiger partial charge in [-0.1, -0.05) is 30.5 Å². The number of sulfonamides is 1. The number of hydrogen-bond acceptors (Lipinski definition) is 3. The molecule has 106 valence electrons. The normalized spacial score (nSPS) is 18.2. The molecule has 1 aliphatic rings. The van der Waals surface area contributed by atoms with E-state index >= 15 is 0 Å². The van der Waals surface area contributed by atoms with Crippen molar-refractivity contribution in [1.82, 2.24) is 4.31 Å². The van der Waals surface area contributed by atoms with Crippen LogP contribution in [0.15, 0.2) is 23.1 Å². The maximum atomic E-state index is 12.5. The monoisotopic (exact) mass is 303 g/mol. The first-order valence-corrected chi connectivity index (χ1v) is 8.27. The van der Waals surface area contributed by atoms with Gasteiger partial charge in [-0.05, 0) is 30.5 Å². The summed E-state index contributed by atoms with van der Waals surface area (Å²) >= 11 is 5.96. The molecular formula is C13H18ClNO3S. The van der Waals surface area contributed by atoms with E-state index in [9.17, 15) is 8.42 Å². The van der Waals surface area contributed by atoms with Gasteiger partial charge in [0.05, 0.1) is 11.5 Å². The van der Waals surface area contributed by atoms with E-state index in [0.717, 1.165) is 25.7 Å². The molecule has 4 nitrogen and oxygen atoms in total. The van der Waals surface area contributed by atoms with Crippen LogP contribution in [0.1, 0.15) is 31.2 Å². The van der Waals surface area contributed by atoms with Crippen LogP contribution in [0.5, 0.6) is 0 Å². The SMILES string of the molecule is O=S(=O)(c1ccc(CO)c(Cl)c1)N1CCCCCC1. The fraction of sp³-hybridized carbons (Fsp3) is 0.538. The topological polar surface area (TPSA) is 57.6 Å². The summed E-state index contributed by atoms with van der Waals surface area (Å²) in [5.74, 6) is 0. The first-order chi connectivity index (χ1) is 9.05. The standard InChI is InChI=1S/C13H18ClNO3S/c14-13-9-12(6-5-11(13)10-16)19(17,18)15-7-3-1-2-4-8-15/h5-6,9,16H,1-4,7-8,10H2. The second-order valence-corrected chi connectivity index (χ2v) is 7.07. The minimum atomic E-state index is -3.47. The van der Waals surface area contributed by atoms with Gasteiger partial charge >= 0.3 is 0 Å². The van der Waals surface area contributed by atoms with E-state index in [4.69, 9.17) is 16.7 Å². The van der Waals surface area contributed by atoms with Crippen LogP contribution in [0.2, 0.25) is 5.02 Å². The molecule has 2 rings (SSSR count). The second kappa shape index (κ2) is 6.22. The van der Waals surface area contributed by atoms with Crippen molar-refractivity contribution in [3.05, 3.63) is 28.8 Å². The van der Waals surface area contributed by atoms with Crippen molar-refractivity contribution in [1.29, 1.82) is 0 Å². The number of halogens is 1. The lowest BCUT2D eigenvalue weighted by Gasteiger charge is -2.20.